The van der Waals surface area contributed by atoms with Gasteiger partial charge in [0, 0.05) is 10.4 Å². The Balaban J connectivity index is 2.43. The van der Waals surface area contributed by atoms with Gasteiger partial charge in [0.05, 0.1) is 3.79 Å². The fraction of sp³-hybridized carbons (Fsp3) is 0.231. The van der Waals surface area contributed by atoms with Crippen LogP contribution in [0, 0.1) is 19.7 Å². The summed E-state index contributed by atoms with van der Waals surface area (Å²) in [6.07, 6.45) is -0.904. The molecule has 0 radical (unpaired) electrons. The first-order chi connectivity index (χ1) is 7.99. The molecule has 1 heterocycles. The minimum atomic E-state index is -0.904. The predicted molar refractivity (Wildman–Crippen MR) is 72.0 cm³/mol. The van der Waals surface area contributed by atoms with Crippen LogP contribution in [0.25, 0.3) is 0 Å². The van der Waals surface area contributed by atoms with E-state index in [4.69, 9.17) is 0 Å². The van der Waals surface area contributed by atoms with Crippen LogP contribution in [0.3, 0.4) is 0 Å². The van der Waals surface area contributed by atoms with E-state index >= 15 is 0 Å². The predicted octanol–water partition coefficient (Wildman–Crippen LogP) is 4.35. The normalized spacial score (nSPS) is 12.8. The highest BCUT2D eigenvalue weighted by atomic mass is 79.9. The van der Waals surface area contributed by atoms with Crippen LogP contribution in [0.1, 0.15) is 27.7 Å². The molecule has 0 spiro atoms. The molecule has 1 unspecified atom stereocenters. The number of benzene rings is 1. The highest BCUT2D eigenvalue weighted by Crippen LogP contribution is 2.34. The van der Waals surface area contributed by atoms with E-state index in [1.807, 2.05) is 19.9 Å². The maximum Gasteiger partial charge on any atom is 0.129 e. The molecule has 1 N–H and O–H groups in total. The molecule has 0 aliphatic heterocycles. The average Bonchev–Trinajstić information content (AvgIpc) is 2.57. The summed E-state index contributed by atoms with van der Waals surface area (Å²) in [5.41, 5.74) is 1.93. The van der Waals surface area contributed by atoms with Crippen molar-refractivity contribution in [2.24, 2.45) is 0 Å². The Hall–Kier alpha value is -0.710. The summed E-state index contributed by atoms with van der Waals surface area (Å²) in [5, 5.41) is 10.2. The molecule has 90 valence electrons. The molecule has 1 atom stereocenters. The van der Waals surface area contributed by atoms with Gasteiger partial charge in [0.25, 0.3) is 0 Å². The Bertz CT molecular complexity index is 550. The van der Waals surface area contributed by atoms with Gasteiger partial charge in [-0.15, -0.1) is 11.3 Å². The third kappa shape index (κ3) is 2.59. The van der Waals surface area contributed by atoms with Crippen molar-refractivity contribution < 1.29 is 9.50 Å². The molecular weight excluding hydrogens is 303 g/mol. The molecule has 0 bridgehead atoms. The summed E-state index contributed by atoms with van der Waals surface area (Å²) in [4.78, 5) is 0.990. The Morgan fingerprint density at radius 3 is 2.47 bits per heavy atom. The molecule has 0 saturated heterocycles. The quantitative estimate of drug-likeness (QED) is 0.873. The highest BCUT2D eigenvalue weighted by molar-refractivity contribution is 9.11. The first-order valence-electron chi connectivity index (χ1n) is 5.19. The first kappa shape index (κ1) is 12.7. The summed E-state index contributed by atoms with van der Waals surface area (Å²) in [5.74, 6) is -0.362. The zero-order valence-electron chi connectivity index (χ0n) is 9.50. The van der Waals surface area contributed by atoms with Crippen LogP contribution in [0.2, 0.25) is 0 Å². The fourth-order valence-corrected chi connectivity index (χ4v) is 3.49. The van der Waals surface area contributed by atoms with Crippen molar-refractivity contribution in [3.63, 3.8) is 0 Å². The molecule has 0 amide bonds. The Kier molecular flexibility index (Phi) is 3.66. The number of thiophene rings is 1. The standard InChI is InChI=1S/C13H12BrFOS/c1-7-3-4-9(11(15)5-7)13(16)10-6-12(14)17-8(10)2/h3-6,13,16H,1-2H3. The Labute approximate surface area is 112 Å². The molecule has 2 rings (SSSR count). The third-order valence-corrected chi connectivity index (χ3v) is 4.24. The molecule has 0 aliphatic carbocycles. The van der Waals surface area contributed by atoms with Gasteiger partial charge in [0.15, 0.2) is 0 Å². The second-order valence-electron chi connectivity index (χ2n) is 3.99. The van der Waals surface area contributed by atoms with E-state index in [2.05, 4.69) is 15.9 Å². The van der Waals surface area contributed by atoms with Crippen molar-refractivity contribution in [1.29, 1.82) is 0 Å². The van der Waals surface area contributed by atoms with Gasteiger partial charge < -0.3 is 5.11 Å². The maximum absolute atomic E-state index is 13.8. The zero-order valence-corrected chi connectivity index (χ0v) is 11.9. The maximum atomic E-state index is 13.8. The Morgan fingerprint density at radius 1 is 1.24 bits per heavy atom. The van der Waals surface area contributed by atoms with Crippen molar-refractivity contribution in [3.05, 3.63) is 55.4 Å². The van der Waals surface area contributed by atoms with E-state index in [0.29, 0.717) is 5.56 Å². The monoisotopic (exact) mass is 314 g/mol. The van der Waals surface area contributed by atoms with Crippen LogP contribution in [-0.2, 0) is 0 Å². The second kappa shape index (κ2) is 4.88. The van der Waals surface area contributed by atoms with E-state index in [0.717, 1.165) is 19.8 Å². The van der Waals surface area contributed by atoms with Gasteiger partial charge in [-0.2, -0.15) is 0 Å². The van der Waals surface area contributed by atoms with Gasteiger partial charge in [-0.1, -0.05) is 12.1 Å². The summed E-state index contributed by atoms with van der Waals surface area (Å²) < 4.78 is 14.7. The lowest BCUT2D eigenvalue weighted by molar-refractivity contribution is 0.214. The zero-order chi connectivity index (χ0) is 12.6. The summed E-state index contributed by atoms with van der Waals surface area (Å²) >= 11 is 4.90. The fourth-order valence-electron chi connectivity index (χ4n) is 1.75. The largest absolute Gasteiger partial charge is 0.384 e. The van der Waals surface area contributed by atoms with E-state index in [1.54, 1.807) is 12.1 Å². The van der Waals surface area contributed by atoms with Gasteiger partial charge in [-0.3, -0.25) is 0 Å². The van der Waals surface area contributed by atoms with Crippen molar-refractivity contribution in [3.8, 4) is 0 Å². The molecule has 17 heavy (non-hydrogen) atoms. The molecule has 0 aliphatic rings. The van der Waals surface area contributed by atoms with Crippen molar-refractivity contribution in [1.82, 2.24) is 0 Å². The van der Waals surface area contributed by atoms with Crippen LogP contribution in [-0.4, -0.2) is 5.11 Å². The van der Waals surface area contributed by atoms with Crippen LogP contribution < -0.4 is 0 Å². The van der Waals surface area contributed by atoms with Gasteiger partial charge in [-0.05, 0) is 53.0 Å². The topological polar surface area (TPSA) is 20.2 Å². The van der Waals surface area contributed by atoms with E-state index in [-0.39, 0.29) is 5.82 Å². The molecule has 1 aromatic carbocycles. The summed E-state index contributed by atoms with van der Waals surface area (Å²) in [6.45, 7) is 3.74. The lowest BCUT2D eigenvalue weighted by Crippen LogP contribution is -2.02. The van der Waals surface area contributed by atoms with Crippen LogP contribution >= 0.6 is 27.3 Å². The van der Waals surface area contributed by atoms with Crippen molar-refractivity contribution >= 4 is 27.3 Å². The lowest BCUT2D eigenvalue weighted by atomic mass is 10.0. The van der Waals surface area contributed by atoms with E-state index in [1.165, 1.54) is 17.4 Å². The van der Waals surface area contributed by atoms with Crippen LogP contribution in [0.5, 0.6) is 0 Å². The van der Waals surface area contributed by atoms with E-state index in [9.17, 15) is 9.50 Å². The van der Waals surface area contributed by atoms with Gasteiger partial charge in [0.2, 0.25) is 0 Å². The number of aliphatic hydroxyl groups is 1. The molecular formula is C13H12BrFOS. The first-order valence-corrected chi connectivity index (χ1v) is 6.80. The van der Waals surface area contributed by atoms with Gasteiger partial charge >= 0.3 is 0 Å². The number of rotatable bonds is 2. The third-order valence-electron chi connectivity index (χ3n) is 2.67. The minimum Gasteiger partial charge on any atom is -0.384 e. The molecule has 1 nitrogen and oxygen atoms in total. The van der Waals surface area contributed by atoms with Crippen molar-refractivity contribution in [2.45, 2.75) is 20.0 Å². The Morgan fingerprint density at radius 2 is 1.94 bits per heavy atom. The number of halogens is 2. The SMILES string of the molecule is Cc1ccc(C(O)c2cc(Br)sc2C)c(F)c1. The smallest absolute Gasteiger partial charge is 0.129 e. The molecule has 1 aromatic heterocycles. The second-order valence-corrected chi connectivity index (χ2v) is 6.63. The van der Waals surface area contributed by atoms with Gasteiger partial charge in [0.1, 0.15) is 11.9 Å². The van der Waals surface area contributed by atoms with Crippen LogP contribution in [0.4, 0.5) is 4.39 Å². The van der Waals surface area contributed by atoms with E-state index < -0.39 is 6.10 Å². The molecule has 4 heteroatoms. The average molecular weight is 315 g/mol. The minimum absolute atomic E-state index is 0.323. The lowest BCUT2D eigenvalue weighted by Gasteiger charge is -2.12. The molecule has 2 aromatic rings. The van der Waals surface area contributed by atoms with Gasteiger partial charge in [-0.25, -0.2) is 4.39 Å². The summed E-state index contributed by atoms with van der Waals surface area (Å²) in [6, 6.07) is 6.72. The molecule has 0 saturated carbocycles. The van der Waals surface area contributed by atoms with Crippen LogP contribution in [0.15, 0.2) is 28.1 Å². The number of hydrogen-bond acceptors (Lipinski definition) is 2. The van der Waals surface area contributed by atoms with Crippen molar-refractivity contribution in [2.75, 3.05) is 0 Å². The number of aryl methyl sites for hydroxylation is 2. The highest BCUT2D eigenvalue weighted by Gasteiger charge is 2.18. The number of aliphatic hydroxyl groups excluding tert-OH is 1. The summed E-state index contributed by atoms with van der Waals surface area (Å²) in [7, 11) is 0. The molecule has 0 fully saturated rings. The number of hydrogen-bond donors (Lipinski definition) is 1.